The normalized spacial score (nSPS) is 14.3. The number of rotatable bonds is 8. The van der Waals surface area contributed by atoms with Gasteiger partial charge in [0, 0.05) is 39.1 Å². The highest BCUT2D eigenvalue weighted by atomic mass is 16.2. The number of amides is 1. The molecule has 5 heteroatoms. The van der Waals surface area contributed by atoms with Crippen LogP contribution in [0.4, 0.5) is 0 Å². The van der Waals surface area contributed by atoms with Gasteiger partial charge in [-0.15, -0.1) is 0 Å². The molecule has 144 valence electrons. The number of nitrogens with zero attached hydrogens (tertiary/aromatic N) is 2. The molecule has 0 atom stereocenters. The number of hydrogen-bond acceptors (Lipinski definition) is 2. The van der Waals surface area contributed by atoms with Crippen molar-refractivity contribution >= 4 is 11.9 Å². The first kappa shape index (κ1) is 20.3. The Morgan fingerprint density at radius 3 is 2.73 bits per heavy atom. The van der Waals surface area contributed by atoms with Gasteiger partial charge in [-0.3, -0.25) is 9.79 Å². The zero-order chi connectivity index (χ0) is 18.8. The van der Waals surface area contributed by atoms with Crippen LogP contribution in [-0.4, -0.2) is 42.9 Å². The fourth-order valence-electron chi connectivity index (χ4n) is 3.11. The minimum atomic E-state index is 0.243. The van der Waals surface area contributed by atoms with Gasteiger partial charge in [0.1, 0.15) is 0 Å². The third-order valence-corrected chi connectivity index (χ3v) is 4.66. The predicted octanol–water partition coefficient (Wildman–Crippen LogP) is 2.95. The summed E-state index contributed by atoms with van der Waals surface area (Å²) in [7, 11) is 0. The standard InChI is InChI=1S/C21H34N4O/c1-4-22-21(24-14-11-17(2)3)23-13-7-10-20(26)25-15-12-18-8-5-6-9-19(18)16-25/h5-6,8-9,17H,4,7,10-16H2,1-3H3,(H2,22,23,24). The van der Waals surface area contributed by atoms with Crippen molar-refractivity contribution in [2.45, 2.75) is 53.0 Å². The monoisotopic (exact) mass is 358 g/mol. The van der Waals surface area contributed by atoms with Gasteiger partial charge in [0.15, 0.2) is 5.96 Å². The molecule has 5 nitrogen and oxygen atoms in total. The first-order valence-electron chi connectivity index (χ1n) is 9.97. The van der Waals surface area contributed by atoms with Crippen molar-refractivity contribution < 1.29 is 4.79 Å². The molecule has 1 amide bonds. The minimum absolute atomic E-state index is 0.243. The molecule has 0 spiro atoms. The molecule has 1 aromatic rings. The van der Waals surface area contributed by atoms with Crippen LogP contribution in [-0.2, 0) is 17.8 Å². The fraction of sp³-hybridized carbons (Fsp3) is 0.619. The predicted molar refractivity (Wildman–Crippen MR) is 108 cm³/mol. The minimum Gasteiger partial charge on any atom is -0.357 e. The molecule has 0 bridgehead atoms. The average Bonchev–Trinajstić information content (AvgIpc) is 2.64. The molecule has 0 aromatic heterocycles. The molecule has 0 fully saturated rings. The summed E-state index contributed by atoms with van der Waals surface area (Å²) in [6, 6.07) is 8.42. The third-order valence-electron chi connectivity index (χ3n) is 4.66. The van der Waals surface area contributed by atoms with Crippen molar-refractivity contribution in [2.75, 3.05) is 26.2 Å². The number of hydrogen-bond donors (Lipinski definition) is 2. The number of carbonyl (C=O) groups is 1. The first-order valence-corrected chi connectivity index (χ1v) is 9.97. The summed E-state index contributed by atoms with van der Waals surface area (Å²) in [6.45, 7) is 10.5. The van der Waals surface area contributed by atoms with Gasteiger partial charge in [0.25, 0.3) is 0 Å². The lowest BCUT2D eigenvalue weighted by atomic mass is 9.99. The van der Waals surface area contributed by atoms with Crippen LogP contribution in [0.5, 0.6) is 0 Å². The van der Waals surface area contributed by atoms with E-state index in [-0.39, 0.29) is 5.91 Å². The zero-order valence-electron chi connectivity index (χ0n) is 16.6. The molecule has 0 saturated heterocycles. The van der Waals surface area contributed by atoms with E-state index >= 15 is 0 Å². The molecule has 1 aromatic carbocycles. The van der Waals surface area contributed by atoms with Gasteiger partial charge in [-0.1, -0.05) is 38.1 Å². The Hall–Kier alpha value is -2.04. The SMILES string of the molecule is CCNC(=NCCCC(=O)N1CCc2ccccc2C1)NCCC(C)C. The van der Waals surface area contributed by atoms with Crippen LogP contribution in [0.15, 0.2) is 29.3 Å². The second-order valence-corrected chi connectivity index (χ2v) is 7.31. The number of benzene rings is 1. The van der Waals surface area contributed by atoms with E-state index < -0.39 is 0 Å². The molecule has 1 aliphatic heterocycles. The summed E-state index contributed by atoms with van der Waals surface area (Å²) in [5, 5.41) is 6.62. The number of guanidine groups is 1. The number of carbonyl (C=O) groups excluding carboxylic acids is 1. The Kier molecular flexibility index (Phi) is 8.45. The van der Waals surface area contributed by atoms with Crippen molar-refractivity contribution in [1.82, 2.24) is 15.5 Å². The average molecular weight is 359 g/mol. The second kappa shape index (κ2) is 10.8. The van der Waals surface area contributed by atoms with E-state index in [2.05, 4.69) is 60.7 Å². The van der Waals surface area contributed by atoms with Gasteiger partial charge in [0.2, 0.25) is 5.91 Å². The number of nitrogens with one attached hydrogen (secondary N) is 2. The molecule has 1 heterocycles. The molecule has 0 aliphatic carbocycles. The van der Waals surface area contributed by atoms with Crippen molar-refractivity contribution in [3.8, 4) is 0 Å². The van der Waals surface area contributed by atoms with Gasteiger partial charge in [-0.25, -0.2) is 0 Å². The maximum absolute atomic E-state index is 12.5. The molecule has 0 radical (unpaired) electrons. The van der Waals surface area contributed by atoms with E-state index in [0.29, 0.717) is 18.9 Å². The Bertz CT molecular complexity index is 597. The van der Waals surface area contributed by atoms with E-state index in [9.17, 15) is 4.79 Å². The molecule has 1 aliphatic rings. The Balaban J connectivity index is 1.73. The third kappa shape index (κ3) is 6.70. The zero-order valence-corrected chi connectivity index (χ0v) is 16.6. The van der Waals surface area contributed by atoms with Gasteiger partial charge in [0.05, 0.1) is 0 Å². The van der Waals surface area contributed by atoms with Crippen LogP contribution >= 0.6 is 0 Å². The molecule has 26 heavy (non-hydrogen) atoms. The molecule has 0 unspecified atom stereocenters. The lowest BCUT2D eigenvalue weighted by molar-refractivity contribution is -0.132. The fourth-order valence-corrected chi connectivity index (χ4v) is 3.11. The van der Waals surface area contributed by atoms with Gasteiger partial charge in [-0.05, 0) is 43.2 Å². The topological polar surface area (TPSA) is 56.7 Å². The first-order chi connectivity index (χ1) is 12.6. The van der Waals surface area contributed by atoms with Crippen LogP contribution in [0.25, 0.3) is 0 Å². The Morgan fingerprint density at radius 1 is 1.23 bits per heavy atom. The van der Waals surface area contributed by atoms with E-state index in [1.165, 1.54) is 11.1 Å². The smallest absolute Gasteiger partial charge is 0.222 e. The summed E-state index contributed by atoms with van der Waals surface area (Å²) in [4.78, 5) is 19.0. The maximum Gasteiger partial charge on any atom is 0.222 e. The largest absolute Gasteiger partial charge is 0.357 e. The van der Waals surface area contributed by atoms with Crippen LogP contribution in [0.1, 0.15) is 51.2 Å². The van der Waals surface area contributed by atoms with Gasteiger partial charge >= 0.3 is 0 Å². The van der Waals surface area contributed by atoms with Crippen molar-refractivity contribution in [2.24, 2.45) is 10.9 Å². The molecular formula is C21H34N4O. The van der Waals surface area contributed by atoms with E-state index in [0.717, 1.165) is 51.4 Å². The number of aliphatic imine (C=N–C) groups is 1. The number of fused-ring (bicyclic) bond motifs is 1. The Labute approximate surface area is 158 Å². The highest BCUT2D eigenvalue weighted by molar-refractivity contribution is 5.80. The summed E-state index contributed by atoms with van der Waals surface area (Å²) < 4.78 is 0. The summed E-state index contributed by atoms with van der Waals surface area (Å²) in [5.74, 6) is 1.78. The van der Waals surface area contributed by atoms with Crippen LogP contribution in [0.2, 0.25) is 0 Å². The summed E-state index contributed by atoms with van der Waals surface area (Å²) >= 11 is 0. The van der Waals surface area contributed by atoms with Crippen molar-refractivity contribution in [3.05, 3.63) is 35.4 Å². The van der Waals surface area contributed by atoms with E-state index in [4.69, 9.17) is 0 Å². The highest BCUT2D eigenvalue weighted by Crippen LogP contribution is 2.19. The molecule has 0 saturated carbocycles. The van der Waals surface area contributed by atoms with Crippen molar-refractivity contribution in [3.63, 3.8) is 0 Å². The van der Waals surface area contributed by atoms with Crippen LogP contribution in [0, 0.1) is 5.92 Å². The van der Waals surface area contributed by atoms with Crippen molar-refractivity contribution in [1.29, 1.82) is 0 Å². The quantitative estimate of drug-likeness (QED) is 0.427. The lowest BCUT2D eigenvalue weighted by Crippen LogP contribution is -2.38. The highest BCUT2D eigenvalue weighted by Gasteiger charge is 2.19. The summed E-state index contributed by atoms with van der Waals surface area (Å²) in [6.07, 6.45) is 3.44. The second-order valence-electron chi connectivity index (χ2n) is 7.31. The van der Waals surface area contributed by atoms with E-state index in [1.54, 1.807) is 0 Å². The Morgan fingerprint density at radius 2 is 2.00 bits per heavy atom. The van der Waals surface area contributed by atoms with E-state index in [1.807, 2.05) is 4.90 Å². The molecule has 2 N–H and O–H groups in total. The molecular weight excluding hydrogens is 324 g/mol. The van der Waals surface area contributed by atoms with Crippen LogP contribution < -0.4 is 10.6 Å². The summed E-state index contributed by atoms with van der Waals surface area (Å²) in [5.41, 5.74) is 2.66. The molecule has 2 rings (SSSR count). The van der Waals surface area contributed by atoms with Gasteiger partial charge in [-0.2, -0.15) is 0 Å². The lowest BCUT2D eigenvalue weighted by Gasteiger charge is -2.28. The maximum atomic E-state index is 12.5. The van der Waals surface area contributed by atoms with Gasteiger partial charge < -0.3 is 15.5 Å². The van der Waals surface area contributed by atoms with Crippen LogP contribution in [0.3, 0.4) is 0 Å².